The van der Waals surface area contributed by atoms with Crippen LogP contribution in [0.15, 0.2) is 60.0 Å². The van der Waals surface area contributed by atoms with Crippen LogP contribution in [-0.4, -0.2) is 33.5 Å². The Kier molecular flexibility index (Phi) is 6.04. The standard InChI is InChI=1S/C21H24N4O2S/c1-21(2,3)15-9-5-6-10-16(15)23-19(26)13-28-20-24-22-14-25(20)17-11-7-8-12-18(17)27-4/h5-12,14H,13H2,1-4H3,(H,23,26). The SMILES string of the molecule is COc1ccccc1-n1cnnc1SCC(=O)Nc1ccccc1C(C)(C)C. The fourth-order valence-electron chi connectivity index (χ4n) is 2.88. The maximum Gasteiger partial charge on any atom is 0.234 e. The number of carbonyl (C=O) groups is 1. The number of ether oxygens (including phenoxy) is 1. The number of rotatable bonds is 6. The van der Waals surface area contributed by atoms with Gasteiger partial charge < -0.3 is 10.1 Å². The molecule has 3 rings (SSSR count). The summed E-state index contributed by atoms with van der Waals surface area (Å²) in [5, 5.41) is 11.8. The van der Waals surface area contributed by atoms with E-state index in [2.05, 4.69) is 36.3 Å². The monoisotopic (exact) mass is 396 g/mol. The number of aromatic nitrogens is 3. The molecule has 1 N–H and O–H groups in total. The quantitative estimate of drug-likeness (QED) is 0.629. The molecule has 0 aliphatic rings. The first kappa shape index (κ1) is 19.9. The van der Waals surface area contributed by atoms with Gasteiger partial charge >= 0.3 is 0 Å². The largest absolute Gasteiger partial charge is 0.495 e. The Labute approximate surface area is 169 Å². The Morgan fingerprint density at radius 2 is 1.86 bits per heavy atom. The van der Waals surface area contributed by atoms with Crippen LogP contribution in [0.3, 0.4) is 0 Å². The number of carbonyl (C=O) groups excluding carboxylic acids is 1. The maximum atomic E-state index is 12.5. The van der Waals surface area contributed by atoms with Crippen molar-refractivity contribution in [2.75, 3.05) is 18.2 Å². The predicted molar refractivity (Wildman–Crippen MR) is 112 cm³/mol. The molecular weight excluding hydrogens is 372 g/mol. The maximum absolute atomic E-state index is 12.5. The first-order valence-electron chi connectivity index (χ1n) is 8.95. The molecule has 0 fully saturated rings. The Morgan fingerprint density at radius 3 is 2.61 bits per heavy atom. The van der Waals surface area contributed by atoms with Crippen LogP contribution in [0.1, 0.15) is 26.3 Å². The molecule has 6 nitrogen and oxygen atoms in total. The molecule has 1 heterocycles. The van der Waals surface area contributed by atoms with E-state index < -0.39 is 0 Å². The summed E-state index contributed by atoms with van der Waals surface area (Å²) in [7, 11) is 1.62. The number of nitrogens with zero attached hydrogens (tertiary/aromatic N) is 3. The highest BCUT2D eigenvalue weighted by Crippen LogP contribution is 2.30. The summed E-state index contributed by atoms with van der Waals surface area (Å²) in [6.07, 6.45) is 1.62. The summed E-state index contributed by atoms with van der Waals surface area (Å²) in [5.74, 6) is 0.857. The molecule has 3 aromatic rings. The van der Waals surface area contributed by atoms with Crippen LogP contribution >= 0.6 is 11.8 Å². The molecule has 2 aromatic carbocycles. The molecule has 0 saturated heterocycles. The molecule has 146 valence electrons. The zero-order valence-electron chi connectivity index (χ0n) is 16.5. The zero-order chi connectivity index (χ0) is 20.1. The predicted octanol–water partition coefficient (Wildman–Crippen LogP) is 4.30. The molecule has 0 aliphatic carbocycles. The topological polar surface area (TPSA) is 69.0 Å². The van der Waals surface area contributed by atoms with Gasteiger partial charge in [-0.2, -0.15) is 0 Å². The molecule has 0 saturated carbocycles. The van der Waals surface area contributed by atoms with Gasteiger partial charge in [0.2, 0.25) is 5.91 Å². The smallest absolute Gasteiger partial charge is 0.234 e. The van der Waals surface area contributed by atoms with Gasteiger partial charge in [-0.05, 0) is 29.2 Å². The van der Waals surface area contributed by atoms with Crippen molar-refractivity contribution < 1.29 is 9.53 Å². The van der Waals surface area contributed by atoms with Crippen molar-refractivity contribution in [2.24, 2.45) is 0 Å². The van der Waals surface area contributed by atoms with Gasteiger partial charge in [0.1, 0.15) is 12.1 Å². The number of amides is 1. The summed E-state index contributed by atoms with van der Waals surface area (Å²) in [4.78, 5) is 12.5. The molecule has 0 spiro atoms. The summed E-state index contributed by atoms with van der Waals surface area (Å²) in [6, 6.07) is 15.5. The van der Waals surface area contributed by atoms with Gasteiger partial charge in [-0.3, -0.25) is 9.36 Å². The Morgan fingerprint density at radius 1 is 1.14 bits per heavy atom. The van der Waals surface area contributed by atoms with E-state index in [1.54, 1.807) is 13.4 Å². The van der Waals surface area contributed by atoms with Gasteiger partial charge in [-0.15, -0.1) is 10.2 Å². The molecule has 28 heavy (non-hydrogen) atoms. The minimum atomic E-state index is -0.0868. The summed E-state index contributed by atoms with van der Waals surface area (Å²) in [5.41, 5.74) is 2.72. The summed E-state index contributed by atoms with van der Waals surface area (Å²) < 4.78 is 7.23. The minimum Gasteiger partial charge on any atom is -0.495 e. The van der Waals surface area contributed by atoms with E-state index in [0.29, 0.717) is 10.9 Å². The number of benzene rings is 2. The average molecular weight is 397 g/mol. The number of hydrogen-bond acceptors (Lipinski definition) is 5. The van der Waals surface area contributed by atoms with Crippen LogP contribution in [-0.2, 0) is 10.2 Å². The fourth-order valence-corrected chi connectivity index (χ4v) is 3.60. The number of nitrogens with one attached hydrogen (secondary N) is 1. The highest BCUT2D eigenvalue weighted by atomic mass is 32.2. The van der Waals surface area contributed by atoms with Crippen molar-refractivity contribution in [3.63, 3.8) is 0 Å². The van der Waals surface area contributed by atoms with E-state index >= 15 is 0 Å². The lowest BCUT2D eigenvalue weighted by Crippen LogP contribution is -2.20. The van der Waals surface area contributed by atoms with Crippen LogP contribution in [0.25, 0.3) is 5.69 Å². The number of thioether (sulfide) groups is 1. The molecular formula is C21H24N4O2S. The summed E-state index contributed by atoms with van der Waals surface area (Å²) in [6.45, 7) is 6.38. The Balaban J connectivity index is 1.71. The second kappa shape index (κ2) is 8.48. The molecule has 0 atom stereocenters. The Bertz CT molecular complexity index is 963. The third-order valence-electron chi connectivity index (χ3n) is 4.20. The lowest BCUT2D eigenvalue weighted by atomic mass is 9.86. The molecule has 0 unspecified atom stereocenters. The van der Waals surface area contributed by atoms with Crippen LogP contribution < -0.4 is 10.1 Å². The second-order valence-corrected chi connectivity index (χ2v) is 8.23. The van der Waals surface area contributed by atoms with Crippen LogP contribution in [0.5, 0.6) is 5.75 Å². The third-order valence-corrected chi connectivity index (χ3v) is 5.15. The number of anilines is 1. The lowest BCUT2D eigenvalue weighted by molar-refractivity contribution is -0.113. The van der Waals surface area contributed by atoms with Gasteiger partial charge in [0.25, 0.3) is 0 Å². The lowest BCUT2D eigenvalue weighted by Gasteiger charge is -2.23. The first-order chi connectivity index (χ1) is 13.4. The second-order valence-electron chi connectivity index (χ2n) is 7.29. The fraction of sp³-hybridized carbons (Fsp3) is 0.286. The minimum absolute atomic E-state index is 0.0545. The molecule has 1 aromatic heterocycles. The normalized spacial score (nSPS) is 11.3. The number of hydrogen-bond donors (Lipinski definition) is 1. The molecule has 0 aliphatic heterocycles. The highest BCUT2D eigenvalue weighted by molar-refractivity contribution is 7.99. The van der Waals surface area contributed by atoms with Crippen molar-refractivity contribution in [1.82, 2.24) is 14.8 Å². The average Bonchev–Trinajstić information content (AvgIpc) is 3.14. The van der Waals surface area contributed by atoms with Crippen molar-refractivity contribution in [3.8, 4) is 11.4 Å². The van der Waals surface area contributed by atoms with Crippen molar-refractivity contribution in [1.29, 1.82) is 0 Å². The van der Waals surface area contributed by atoms with E-state index in [-0.39, 0.29) is 17.1 Å². The summed E-state index contributed by atoms with van der Waals surface area (Å²) >= 11 is 1.33. The van der Waals surface area contributed by atoms with E-state index in [4.69, 9.17) is 4.74 Å². The first-order valence-corrected chi connectivity index (χ1v) is 9.94. The van der Waals surface area contributed by atoms with Crippen LogP contribution in [0, 0.1) is 0 Å². The third kappa shape index (κ3) is 4.54. The van der Waals surface area contributed by atoms with Crippen molar-refractivity contribution >= 4 is 23.4 Å². The van der Waals surface area contributed by atoms with Crippen molar-refractivity contribution in [3.05, 3.63) is 60.4 Å². The van der Waals surface area contributed by atoms with E-state index in [1.807, 2.05) is 53.1 Å². The van der Waals surface area contributed by atoms with E-state index in [1.165, 1.54) is 11.8 Å². The van der Waals surface area contributed by atoms with Gasteiger partial charge in [0.05, 0.1) is 18.6 Å². The van der Waals surface area contributed by atoms with E-state index in [9.17, 15) is 4.79 Å². The van der Waals surface area contributed by atoms with Gasteiger partial charge in [-0.1, -0.05) is 62.9 Å². The van der Waals surface area contributed by atoms with Gasteiger partial charge in [-0.25, -0.2) is 0 Å². The zero-order valence-corrected chi connectivity index (χ0v) is 17.3. The van der Waals surface area contributed by atoms with Gasteiger partial charge in [0, 0.05) is 5.69 Å². The molecule has 1 amide bonds. The van der Waals surface area contributed by atoms with Crippen LogP contribution in [0.2, 0.25) is 0 Å². The highest BCUT2D eigenvalue weighted by Gasteiger charge is 2.19. The molecule has 0 bridgehead atoms. The van der Waals surface area contributed by atoms with Crippen molar-refractivity contribution in [2.45, 2.75) is 31.3 Å². The molecule has 0 radical (unpaired) electrons. The van der Waals surface area contributed by atoms with Crippen LogP contribution in [0.4, 0.5) is 5.69 Å². The van der Waals surface area contributed by atoms with E-state index in [0.717, 1.165) is 16.9 Å². The number of methoxy groups -OCH3 is 1. The number of para-hydroxylation sites is 3. The Hall–Kier alpha value is -2.80. The van der Waals surface area contributed by atoms with Gasteiger partial charge in [0.15, 0.2) is 5.16 Å². The molecule has 7 heteroatoms.